The molecule has 1 amide bonds. The maximum absolute atomic E-state index is 13.6. The average Bonchev–Trinajstić information content (AvgIpc) is 3.16. The van der Waals surface area contributed by atoms with Gasteiger partial charge in [-0.05, 0) is 41.7 Å². The molecule has 9 heteroatoms. The summed E-state index contributed by atoms with van der Waals surface area (Å²) in [5.74, 6) is -0.102. The number of aryl methyl sites for hydroxylation is 1. The van der Waals surface area contributed by atoms with Gasteiger partial charge in [0.1, 0.15) is 18.0 Å². The maximum atomic E-state index is 13.6. The maximum Gasteiger partial charge on any atom is 0.250 e. The number of nitrogens with one attached hydrogen (secondary N) is 1. The normalized spacial score (nSPS) is 22.5. The second-order valence-corrected chi connectivity index (χ2v) is 7.77. The van der Waals surface area contributed by atoms with Gasteiger partial charge in [-0.25, -0.2) is 14.1 Å². The Hall–Kier alpha value is -3.46. The average molecular weight is 420 g/mol. The number of carbonyl (C=O) groups is 1. The Bertz CT molecular complexity index is 1150. The highest BCUT2D eigenvalue weighted by Crippen LogP contribution is 2.52. The van der Waals surface area contributed by atoms with Crippen molar-refractivity contribution < 1.29 is 14.3 Å². The third-order valence-corrected chi connectivity index (χ3v) is 5.93. The van der Waals surface area contributed by atoms with E-state index in [9.17, 15) is 14.3 Å². The van der Waals surface area contributed by atoms with Gasteiger partial charge in [0, 0.05) is 36.9 Å². The molecule has 1 aromatic heterocycles. The van der Waals surface area contributed by atoms with Gasteiger partial charge in [0.2, 0.25) is 5.91 Å². The number of aliphatic hydroxyl groups excluding tert-OH is 1. The number of allylic oxidation sites excluding steroid dienone is 1. The van der Waals surface area contributed by atoms with Crippen LogP contribution in [0.2, 0.25) is 0 Å². The first kappa shape index (κ1) is 19.5. The predicted molar refractivity (Wildman–Crippen MR) is 109 cm³/mol. The van der Waals surface area contributed by atoms with E-state index >= 15 is 0 Å². The van der Waals surface area contributed by atoms with Crippen LogP contribution in [0.15, 0.2) is 75.5 Å². The number of carbonyl (C=O) groups excluding carboxylic acids is 1. The first-order chi connectivity index (χ1) is 15.2. The molecule has 8 nitrogen and oxygen atoms in total. The Labute approximate surface area is 177 Å². The van der Waals surface area contributed by atoms with Gasteiger partial charge in [-0.15, -0.1) is 0 Å². The summed E-state index contributed by atoms with van der Waals surface area (Å²) < 4.78 is 15.4. The SMILES string of the molecule is O=C1C=C2N=NCC3=C2C(=CN1)C(c1ncnn1CCCO)C(c1ccc(F)cc1)C3. The van der Waals surface area contributed by atoms with Crippen LogP contribution in [0.1, 0.15) is 36.1 Å². The molecule has 5 rings (SSSR count). The molecule has 0 saturated heterocycles. The molecular formula is C22H21FN6O2. The Morgan fingerprint density at radius 1 is 1.26 bits per heavy atom. The molecule has 0 spiro atoms. The Morgan fingerprint density at radius 3 is 2.90 bits per heavy atom. The van der Waals surface area contributed by atoms with Gasteiger partial charge in [-0.2, -0.15) is 15.3 Å². The van der Waals surface area contributed by atoms with Crippen LogP contribution in [0.4, 0.5) is 4.39 Å². The standard InChI is InChI=1S/C22H21FN6O2/c23-15-4-2-13(3-5-15)16-8-14-10-26-28-18-9-19(31)24-11-17(20(14)18)21(16)22-25-12-27-29(22)6-1-7-30/h2-5,9,11-12,16,21,30H,1,6-8,10H2,(H,24,31). The largest absolute Gasteiger partial charge is 0.396 e. The molecule has 3 aliphatic rings. The molecule has 31 heavy (non-hydrogen) atoms. The minimum atomic E-state index is -0.292. The smallest absolute Gasteiger partial charge is 0.250 e. The van der Waals surface area contributed by atoms with Crippen LogP contribution in [0.25, 0.3) is 0 Å². The number of nitrogens with zero attached hydrogens (tertiary/aromatic N) is 5. The number of hydrogen-bond donors (Lipinski definition) is 2. The van der Waals surface area contributed by atoms with Gasteiger partial charge >= 0.3 is 0 Å². The molecule has 2 unspecified atom stereocenters. The second kappa shape index (κ2) is 7.99. The number of aromatic nitrogens is 3. The summed E-state index contributed by atoms with van der Waals surface area (Å²) in [7, 11) is 0. The predicted octanol–water partition coefficient (Wildman–Crippen LogP) is 2.73. The van der Waals surface area contributed by atoms with Crippen LogP contribution in [-0.4, -0.2) is 38.9 Å². The molecule has 0 radical (unpaired) electrons. The summed E-state index contributed by atoms with van der Waals surface area (Å²) in [4.78, 5) is 16.8. The van der Waals surface area contributed by atoms with Crippen molar-refractivity contribution >= 4 is 5.91 Å². The zero-order chi connectivity index (χ0) is 21.4. The van der Waals surface area contributed by atoms with Crippen molar-refractivity contribution in [2.24, 2.45) is 10.2 Å². The minimum absolute atomic E-state index is 0.0483. The number of halogens is 1. The lowest BCUT2D eigenvalue weighted by atomic mass is 9.68. The monoisotopic (exact) mass is 420 g/mol. The molecule has 3 heterocycles. The lowest BCUT2D eigenvalue weighted by Crippen LogP contribution is -2.27. The topological polar surface area (TPSA) is 105 Å². The number of hydrogen-bond acceptors (Lipinski definition) is 6. The van der Waals surface area contributed by atoms with Crippen molar-refractivity contribution in [2.75, 3.05) is 13.2 Å². The fourth-order valence-electron chi connectivity index (χ4n) is 4.60. The molecule has 0 bridgehead atoms. The van der Waals surface area contributed by atoms with Gasteiger partial charge in [-0.1, -0.05) is 12.1 Å². The molecule has 0 saturated carbocycles. The molecule has 2 aliphatic heterocycles. The Balaban J connectivity index is 1.69. The Morgan fingerprint density at radius 2 is 2.10 bits per heavy atom. The quantitative estimate of drug-likeness (QED) is 0.776. The highest BCUT2D eigenvalue weighted by atomic mass is 19.1. The van der Waals surface area contributed by atoms with Crippen LogP contribution < -0.4 is 5.32 Å². The highest BCUT2D eigenvalue weighted by Gasteiger charge is 2.41. The van der Waals surface area contributed by atoms with Crippen LogP contribution in [0, 0.1) is 5.82 Å². The van der Waals surface area contributed by atoms with Crippen LogP contribution in [0.5, 0.6) is 0 Å². The molecule has 158 valence electrons. The van der Waals surface area contributed by atoms with Gasteiger partial charge in [-0.3, -0.25) is 4.79 Å². The zero-order valence-corrected chi connectivity index (χ0v) is 16.7. The third-order valence-electron chi connectivity index (χ3n) is 5.93. The van der Waals surface area contributed by atoms with Gasteiger partial charge < -0.3 is 10.4 Å². The molecule has 0 fully saturated rings. The van der Waals surface area contributed by atoms with Crippen molar-refractivity contribution in [1.82, 2.24) is 20.1 Å². The number of aliphatic hydroxyl groups is 1. The van der Waals surface area contributed by atoms with E-state index in [0.29, 0.717) is 31.6 Å². The molecule has 2 atom stereocenters. The summed E-state index contributed by atoms with van der Waals surface area (Å²) >= 11 is 0. The van der Waals surface area contributed by atoms with Crippen LogP contribution in [0.3, 0.4) is 0 Å². The Kier molecular flexibility index (Phi) is 5.03. The minimum Gasteiger partial charge on any atom is -0.396 e. The van der Waals surface area contributed by atoms with Gasteiger partial charge in [0.05, 0.1) is 18.2 Å². The zero-order valence-electron chi connectivity index (χ0n) is 16.7. The third kappa shape index (κ3) is 3.50. The molecule has 2 N–H and O–H groups in total. The number of amides is 1. The summed E-state index contributed by atoms with van der Waals surface area (Å²) in [5, 5.41) is 24.9. The summed E-state index contributed by atoms with van der Waals surface area (Å²) in [6.07, 6.45) is 5.93. The van der Waals surface area contributed by atoms with E-state index in [2.05, 4.69) is 25.6 Å². The second-order valence-electron chi connectivity index (χ2n) is 7.77. The molecule has 1 aromatic carbocycles. The van der Waals surface area contributed by atoms with Crippen LogP contribution >= 0.6 is 0 Å². The van der Waals surface area contributed by atoms with E-state index in [1.807, 2.05) is 0 Å². The fourth-order valence-corrected chi connectivity index (χ4v) is 4.60. The summed E-state index contributed by atoms with van der Waals surface area (Å²) in [5.41, 5.74) is 4.43. The van der Waals surface area contributed by atoms with Crippen molar-refractivity contribution in [3.8, 4) is 0 Å². The van der Waals surface area contributed by atoms with E-state index < -0.39 is 0 Å². The number of rotatable bonds is 5. The van der Waals surface area contributed by atoms with E-state index in [0.717, 1.165) is 28.1 Å². The van der Waals surface area contributed by atoms with Gasteiger partial charge in [0.15, 0.2) is 0 Å². The lowest BCUT2D eigenvalue weighted by molar-refractivity contribution is -0.115. The molecule has 2 aromatic rings. The number of benzene rings is 1. The fraction of sp³-hybridized carbons (Fsp3) is 0.318. The first-order valence-electron chi connectivity index (χ1n) is 10.2. The van der Waals surface area contributed by atoms with Crippen molar-refractivity contribution in [2.45, 2.75) is 31.2 Å². The number of azo groups is 1. The summed E-state index contributed by atoms with van der Waals surface area (Å²) in [6, 6.07) is 6.51. The molecular weight excluding hydrogens is 399 g/mol. The lowest BCUT2D eigenvalue weighted by Gasteiger charge is -2.37. The van der Waals surface area contributed by atoms with E-state index in [4.69, 9.17) is 0 Å². The summed E-state index contributed by atoms with van der Waals surface area (Å²) in [6.45, 7) is 1.03. The van der Waals surface area contributed by atoms with Gasteiger partial charge in [0.25, 0.3) is 0 Å². The van der Waals surface area contributed by atoms with Crippen molar-refractivity contribution in [3.05, 3.63) is 82.5 Å². The molecule has 1 aliphatic carbocycles. The van der Waals surface area contributed by atoms with E-state index in [-0.39, 0.29) is 30.2 Å². The highest BCUT2D eigenvalue weighted by molar-refractivity contribution is 5.91. The van der Waals surface area contributed by atoms with Crippen molar-refractivity contribution in [3.63, 3.8) is 0 Å². The first-order valence-corrected chi connectivity index (χ1v) is 10.2. The van der Waals surface area contributed by atoms with Crippen LogP contribution in [-0.2, 0) is 11.3 Å². The van der Waals surface area contributed by atoms with E-state index in [1.165, 1.54) is 24.5 Å². The van der Waals surface area contributed by atoms with Crippen molar-refractivity contribution in [1.29, 1.82) is 0 Å². The van der Waals surface area contributed by atoms with E-state index in [1.54, 1.807) is 23.0 Å².